The molecule has 1 atom stereocenters. The molecular formula is C23H27N7O. The zero-order valence-electron chi connectivity index (χ0n) is 17.6. The van der Waals surface area contributed by atoms with Crippen LogP contribution in [0.3, 0.4) is 0 Å². The predicted octanol–water partition coefficient (Wildman–Crippen LogP) is 3.44. The van der Waals surface area contributed by atoms with Gasteiger partial charge in [-0.2, -0.15) is 5.21 Å². The molecule has 4 aromatic rings. The molecule has 0 amide bonds. The molecule has 2 heterocycles. The molecule has 160 valence electrons. The van der Waals surface area contributed by atoms with Gasteiger partial charge in [-0.1, -0.05) is 97.3 Å². The summed E-state index contributed by atoms with van der Waals surface area (Å²) in [5.74, 6) is 0.188. The second kappa shape index (κ2) is 9.61. The molecule has 0 aliphatic carbocycles. The lowest BCUT2D eigenvalue weighted by atomic mass is 9.77. The molecule has 8 nitrogen and oxygen atoms in total. The Labute approximate surface area is 181 Å². The number of hydrogen-bond acceptors (Lipinski definition) is 6. The molecule has 0 aliphatic rings. The third kappa shape index (κ3) is 4.11. The Morgan fingerprint density at radius 1 is 0.935 bits per heavy atom. The molecule has 1 unspecified atom stereocenters. The molecular weight excluding hydrogens is 390 g/mol. The topological polar surface area (TPSA) is 105 Å². The van der Waals surface area contributed by atoms with Crippen LogP contribution >= 0.6 is 0 Å². The van der Waals surface area contributed by atoms with Crippen molar-refractivity contribution in [1.82, 2.24) is 35.6 Å². The van der Waals surface area contributed by atoms with E-state index < -0.39 is 11.6 Å². The fraction of sp³-hybridized carbons (Fsp3) is 0.348. The molecule has 0 spiro atoms. The van der Waals surface area contributed by atoms with Crippen LogP contribution in [0.2, 0.25) is 0 Å². The Morgan fingerprint density at radius 3 is 2.19 bits per heavy atom. The average Bonchev–Trinajstić information content (AvgIpc) is 3.52. The van der Waals surface area contributed by atoms with Crippen molar-refractivity contribution in [2.24, 2.45) is 0 Å². The van der Waals surface area contributed by atoms with E-state index in [1.807, 2.05) is 66.9 Å². The maximum atomic E-state index is 11.7. The molecule has 0 saturated heterocycles. The second-order valence-corrected chi connectivity index (χ2v) is 7.64. The van der Waals surface area contributed by atoms with Gasteiger partial charge < -0.3 is 5.11 Å². The summed E-state index contributed by atoms with van der Waals surface area (Å²) in [6, 6.07) is 19.5. The van der Waals surface area contributed by atoms with E-state index in [-0.39, 0.29) is 5.82 Å². The van der Waals surface area contributed by atoms with Crippen LogP contribution in [-0.4, -0.2) is 40.7 Å². The number of aliphatic hydroxyl groups is 1. The number of rotatable bonds is 10. The van der Waals surface area contributed by atoms with Gasteiger partial charge in [0.2, 0.25) is 5.82 Å². The van der Waals surface area contributed by atoms with Crippen molar-refractivity contribution in [3.05, 3.63) is 89.5 Å². The first kappa shape index (κ1) is 20.9. The zero-order valence-corrected chi connectivity index (χ0v) is 17.6. The number of benzene rings is 2. The number of aliphatic hydroxyl groups excluding tert-OH is 1. The van der Waals surface area contributed by atoms with E-state index in [1.165, 1.54) is 12.8 Å². The summed E-state index contributed by atoms with van der Waals surface area (Å²) >= 11 is 0. The number of H-pyrrole nitrogens is 1. The first-order chi connectivity index (χ1) is 15.3. The molecule has 4 rings (SSSR count). The van der Waals surface area contributed by atoms with Crippen molar-refractivity contribution in [2.45, 2.75) is 50.7 Å². The van der Waals surface area contributed by atoms with Crippen LogP contribution in [0.5, 0.6) is 0 Å². The third-order valence-electron chi connectivity index (χ3n) is 5.62. The van der Waals surface area contributed by atoms with Gasteiger partial charge in [-0.3, -0.25) is 0 Å². The van der Waals surface area contributed by atoms with Crippen molar-refractivity contribution in [2.75, 3.05) is 0 Å². The first-order valence-electron chi connectivity index (χ1n) is 10.7. The van der Waals surface area contributed by atoms with Crippen LogP contribution in [0, 0.1) is 0 Å². The highest BCUT2D eigenvalue weighted by Crippen LogP contribution is 2.43. The molecule has 8 heteroatoms. The Morgan fingerprint density at radius 2 is 1.61 bits per heavy atom. The standard InChI is InChI=1S/C23H27N7O/c1-2-3-4-11-16-20-17-30(29-24-20)23(18-12-7-5-8-13-18,19-14-9-6-10-15-19)21(31)22-25-27-28-26-22/h5-10,12-15,17,21,31H,2-4,11,16H2,1H3,(H,25,26,27,28). The third-order valence-corrected chi connectivity index (χ3v) is 5.62. The van der Waals surface area contributed by atoms with E-state index in [0.29, 0.717) is 0 Å². The number of aromatic nitrogens is 7. The van der Waals surface area contributed by atoms with Crippen LogP contribution in [0.15, 0.2) is 66.9 Å². The summed E-state index contributed by atoms with van der Waals surface area (Å²) in [6.07, 6.45) is 6.25. The van der Waals surface area contributed by atoms with Crippen molar-refractivity contribution in [3.63, 3.8) is 0 Å². The van der Waals surface area contributed by atoms with Gasteiger partial charge in [0.05, 0.1) is 11.9 Å². The monoisotopic (exact) mass is 417 g/mol. The molecule has 2 aromatic heterocycles. The van der Waals surface area contributed by atoms with Gasteiger partial charge >= 0.3 is 0 Å². The van der Waals surface area contributed by atoms with Gasteiger partial charge in [0.15, 0.2) is 6.10 Å². The van der Waals surface area contributed by atoms with Crippen LogP contribution in [0.25, 0.3) is 0 Å². The fourth-order valence-electron chi connectivity index (χ4n) is 4.05. The zero-order chi connectivity index (χ0) is 21.5. The summed E-state index contributed by atoms with van der Waals surface area (Å²) in [4.78, 5) is 0. The van der Waals surface area contributed by atoms with Crippen molar-refractivity contribution < 1.29 is 5.11 Å². The van der Waals surface area contributed by atoms with Crippen molar-refractivity contribution in [3.8, 4) is 0 Å². The van der Waals surface area contributed by atoms with E-state index in [4.69, 9.17) is 0 Å². The average molecular weight is 418 g/mol. The van der Waals surface area contributed by atoms with E-state index in [2.05, 4.69) is 37.9 Å². The highest BCUT2D eigenvalue weighted by Gasteiger charge is 2.47. The minimum absolute atomic E-state index is 0.188. The fourth-order valence-corrected chi connectivity index (χ4v) is 4.05. The summed E-state index contributed by atoms with van der Waals surface area (Å²) in [5.41, 5.74) is 1.48. The molecule has 0 radical (unpaired) electrons. The molecule has 0 bridgehead atoms. The van der Waals surface area contributed by atoms with E-state index >= 15 is 0 Å². The lowest BCUT2D eigenvalue weighted by Crippen LogP contribution is -2.43. The van der Waals surface area contributed by atoms with E-state index in [1.54, 1.807) is 4.68 Å². The number of nitrogens with zero attached hydrogens (tertiary/aromatic N) is 6. The minimum atomic E-state index is -1.15. The van der Waals surface area contributed by atoms with Crippen LogP contribution < -0.4 is 0 Å². The number of aromatic amines is 1. The molecule has 0 saturated carbocycles. The van der Waals surface area contributed by atoms with Crippen LogP contribution in [-0.2, 0) is 12.0 Å². The number of nitrogens with one attached hydrogen (secondary N) is 1. The molecule has 2 N–H and O–H groups in total. The number of tetrazole rings is 1. The van der Waals surface area contributed by atoms with Gasteiger partial charge in [0, 0.05) is 0 Å². The van der Waals surface area contributed by atoms with Gasteiger partial charge in [-0.05, 0) is 24.0 Å². The number of unbranched alkanes of at least 4 members (excludes halogenated alkanes) is 3. The van der Waals surface area contributed by atoms with E-state index in [0.717, 1.165) is 36.1 Å². The molecule has 0 aliphatic heterocycles. The lowest BCUT2D eigenvalue weighted by molar-refractivity contribution is 0.0677. The Kier molecular flexibility index (Phi) is 6.47. The number of hydrogen-bond donors (Lipinski definition) is 2. The van der Waals surface area contributed by atoms with Gasteiger partial charge in [-0.25, -0.2) is 4.68 Å². The van der Waals surface area contributed by atoms with Crippen molar-refractivity contribution >= 4 is 0 Å². The van der Waals surface area contributed by atoms with Gasteiger partial charge in [0.1, 0.15) is 5.54 Å². The Bertz CT molecular complexity index is 1010. The summed E-state index contributed by atoms with van der Waals surface area (Å²) in [7, 11) is 0. The SMILES string of the molecule is CCCCCCc1cn(C(c2ccccc2)(c2ccccc2)C(O)c2nn[nH]n2)nn1. The summed E-state index contributed by atoms with van der Waals surface area (Å²) in [5, 5.41) is 34.8. The Hall–Kier alpha value is -3.39. The van der Waals surface area contributed by atoms with Crippen LogP contribution in [0.4, 0.5) is 0 Å². The minimum Gasteiger partial charge on any atom is -0.382 e. The second-order valence-electron chi connectivity index (χ2n) is 7.64. The van der Waals surface area contributed by atoms with Gasteiger partial charge in [-0.15, -0.1) is 15.3 Å². The predicted molar refractivity (Wildman–Crippen MR) is 116 cm³/mol. The van der Waals surface area contributed by atoms with E-state index in [9.17, 15) is 5.11 Å². The highest BCUT2D eigenvalue weighted by atomic mass is 16.3. The quantitative estimate of drug-likeness (QED) is 0.383. The first-order valence-corrected chi connectivity index (χ1v) is 10.7. The number of aryl methyl sites for hydroxylation is 1. The largest absolute Gasteiger partial charge is 0.382 e. The smallest absolute Gasteiger partial charge is 0.206 e. The molecule has 2 aromatic carbocycles. The van der Waals surface area contributed by atoms with Gasteiger partial charge in [0.25, 0.3) is 0 Å². The van der Waals surface area contributed by atoms with Crippen molar-refractivity contribution in [1.29, 1.82) is 0 Å². The molecule has 31 heavy (non-hydrogen) atoms. The lowest BCUT2D eigenvalue weighted by Gasteiger charge is -2.37. The molecule has 0 fully saturated rings. The maximum Gasteiger partial charge on any atom is 0.206 e. The normalized spacial score (nSPS) is 12.7. The highest BCUT2D eigenvalue weighted by molar-refractivity contribution is 5.42. The Balaban J connectivity index is 1.85. The summed E-state index contributed by atoms with van der Waals surface area (Å²) < 4.78 is 1.74. The summed E-state index contributed by atoms with van der Waals surface area (Å²) in [6.45, 7) is 2.20. The maximum absolute atomic E-state index is 11.7. The van der Waals surface area contributed by atoms with Crippen LogP contribution in [0.1, 0.15) is 61.4 Å².